The summed E-state index contributed by atoms with van der Waals surface area (Å²) >= 11 is 0. The number of hydrogen-bond donors (Lipinski definition) is 2. The van der Waals surface area contributed by atoms with Gasteiger partial charge < -0.3 is 15.8 Å². The Bertz CT molecular complexity index is 1350. The highest BCUT2D eigenvalue weighted by Gasteiger charge is 2.25. The van der Waals surface area contributed by atoms with E-state index in [1.54, 1.807) is 12.4 Å². The summed E-state index contributed by atoms with van der Waals surface area (Å²) in [5.74, 6) is 0.371. The molecule has 0 radical (unpaired) electrons. The molecule has 34 heavy (non-hydrogen) atoms. The Morgan fingerprint density at radius 2 is 2.06 bits per heavy atom. The van der Waals surface area contributed by atoms with Crippen molar-refractivity contribution in [2.24, 2.45) is 5.73 Å². The first-order valence-electron chi connectivity index (χ1n) is 11.5. The van der Waals surface area contributed by atoms with Crippen LogP contribution in [-0.4, -0.2) is 44.3 Å². The summed E-state index contributed by atoms with van der Waals surface area (Å²) in [5.41, 5.74) is 11.2. The summed E-state index contributed by atoms with van der Waals surface area (Å²) in [4.78, 5) is 21.3. The summed E-state index contributed by atoms with van der Waals surface area (Å²) in [7, 11) is 0. The zero-order valence-corrected chi connectivity index (χ0v) is 19.4. The van der Waals surface area contributed by atoms with Crippen LogP contribution in [0.25, 0.3) is 33.4 Å². The molecule has 3 aromatic heterocycles. The molecule has 4 heterocycles. The molecule has 8 heteroatoms. The number of amides is 1. The smallest absolute Gasteiger partial charge is 0.258 e. The van der Waals surface area contributed by atoms with E-state index in [1.807, 2.05) is 56.3 Å². The van der Waals surface area contributed by atoms with E-state index in [4.69, 9.17) is 15.6 Å². The Labute approximate surface area is 198 Å². The molecule has 1 aliphatic rings. The van der Waals surface area contributed by atoms with Gasteiger partial charge >= 0.3 is 0 Å². The monoisotopic (exact) mass is 456 g/mol. The van der Waals surface area contributed by atoms with Gasteiger partial charge in [-0.1, -0.05) is 6.07 Å². The third-order valence-corrected chi connectivity index (χ3v) is 6.09. The van der Waals surface area contributed by atoms with Gasteiger partial charge in [-0.05, 0) is 62.6 Å². The average molecular weight is 457 g/mol. The van der Waals surface area contributed by atoms with Gasteiger partial charge in [-0.15, -0.1) is 0 Å². The number of fused-ring (bicyclic) bond motifs is 2. The number of aromatic nitrogens is 4. The minimum atomic E-state index is -0.475. The molecule has 0 atom stereocenters. The Morgan fingerprint density at radius 3 is 2.85 bits per heavy atom. The van der Waals surface area contributed by atoms with Crippen molar-refractivity contribution < 1.29 is 9.53 Å². The van der Waals surface area contributed by atoms with Crippen molar-refractivity contribution in [2.75, 3.05) is 13.2 Å². The minimum Gasteiger partial charge on any atom is -0.484 e. The number of hydrogen-bond acceptors (Lipinski definition) is 6. The lowest BCUT2D eigenvalue weighted by Gasteiger charge is -2.24. The van der Waals surface area contributed by atoms with Gasteiger partial charge in [-0.2, -0.15) is 5.10 Å². The minimum absolute atomic E-state index is 0.0879. The Balaban J connectivity index is 1.48. The lowest BCUT2D eigenvalue weighted by Crippen LogP contribution is -2.50. The lowest BCUT2D eigenvalue weighted by atomic mass is 9.96. The summed E-state index contributed by atoms with van der Waals surface area (Å²) in [6.45, 7) is 4.92. The fraction of sp³-hybridized carbons (Fsp3) is 0.308. The van der Waals surface area contributed by atoms with E-state index in [1.165, 1.54) is 5.69 Å². The van der Waals surface area contributed by atoms with Crippen LogP contribution < -0.4 is 15.8 Å². The van der Waals surface area contributed by atoms with Crippen molar-refractivity contribution in [1.29, 1.82) is 0 Å². The average Bonchev–Trinajstić information content (AvgIpc) is 3.44. The molecule has 1 aliphatic heterocycles. The highest BCUT2D eigenvalue weighted by molar-refractivity contribution is 5.99. The normalized spacial score (nSPS) is 13.1. The molecule has 4 aromatic rings. The molecular weight excluding hydrogens is 428 g/mol. The standard InChI is InChI=1S/C26H28N6O2/c1-26(2,16-27)30-23(33)15-34-17-8-9-18-19(10-12-29-21(18)14-17)24-22-7-5-13-32(22)31-25(24)20-6-3-4-11-28-20/h3-4,6,8-12,14H,5,7,13,15-16,27H2,1-2H3,(H,30,33). The fourth-order valence-electron chi connectivity index (χ4n) is 4.35. The van der Waals surface area contributed by atoms with Gasteiger partial charge in [0.1, 0.15) is 11.4 Å². The van der Waals surface area contributed by atoms with E-state index < -0.39 is 5.54 Å². The summed E-state index contributed by atoms with van der Waals surface area (Å²) in [6, 6.07) is 13.7. The van der Waals surface area contributed by atoms with Crippen molar-refractivity contribution in [3.8, 4) is 28.3 Å². The first-order valence-corrected chi connectivity index (χ1v) is 11.5. The van der Waals surface area contributed by atoms with Gasteiger partial charge in [0.25, 0.3) is 5.91 Å². The number of carbonyl (C=O) groups excluding carboxylic acids is 1. The van der Waals surface area contributed by atoms with Gasteiger partial charge in [0.2, 0.25) is 0 Å². The Kier molecular flexibility index (Phi) is 5.75. The molecule has 1 aromatic carbocycles. The number of aryl methyl sites for hydroxylation is 1. The van der Waals surface area contributed by atoms with Crippen LogP contribution in [0, 0.1) is 0 Å². The fourth-order valence-corrected chi connectivity index (χ4v) is 4.35. The highest BCUT2D eigenvalue weighted by atomic mass is 16.5. The lowest BCUT2D eigenvalue weighted by molar-refractivity contribution is -0.124. The first-order chi connectivity index (χ1) is 16.4. The third-order valence-electron chi connectivity index (χ3n) is 6.09. The number of ether oxygens (including phenoxy) is 1. The largest absolute Gasteiger partial charge is 0.484 e. The molecule has 0 saturated carbocycles. The van der Waals surface area contributed by atoms with Crippen LogP contribution in [0.2, 0.25) is 0 Å². The van der Waals surface area contributed by atoms with Crippen LogP contribution in [-0.2, 0) is 17.8 Å². The molecule has 3 N–H and O–H groups in total. The first kappa shape index (κ1) is 22.0. The van der Waals surface area contributed by atoms with Gasteiger partial charge in [0, 0.05) is 53.7 Å². The summed E-state index contributed by atoms with van der Waals surface area (Å²) in [5, 5.41) is 8.77. The molecule has 0 bridgehead atoms. The van der Waals surface area contributed by atoms with E-state index in [0.29, 0.717) is 12.3 Å². The Hall–Kier alpha value is -3.78. The molecule has 8 nitrogen and oxygen atoms in total. The maximum Gasteiger partial charge on any atom is 0.258 e. The van der Waals surface area contributed by atoms with E-state index >= 15 is 0 Å². The quantitative estimate of drug-likeness (QED) is 0.442. The maximum absolute atomic E-state index is 12.2. The van der Waals surface area contributed by atoms with Gasteiger partial charge in [-0.25, -0.2) is 0 Å². The van der Waals surface area contributed by atoms with Gasteiger partial charge in [0.15, 0.2) is 6.61 Å². The highest BCUT2D eigenvalue weighted by Crippen LogP contribution is 2.40. The van der Waals surface area contributed by atoms with Crippen molar-refractivity contribution in [2.45, 2.75) is 38.8 Å². The number of nitrogens with two attached hydrogens (primary N) is 1. The molecule has 0 spiro atoms. The van der Waals surface area contributed by atoms with Crippen molar-refractivity contribution in [3.63, 3.8) is 0 Å². The maximum atomic E-state index is 12.2. The van der Waals surface area contributed by atoms with Crippen LogP contribution in [0.4, 0.5) is 0 Å². The SMILES string of the molecule is CC(C)(CN)NC(=O)COc1ccc2c(-c3c(-c4ccccn4)nn4c3CCC4)ccnc2c1. The van der Waals surface area contributed by atoms with Crippen LogP contribution in [0.5, 0.6) is 5.75 Å². The second-order valence-corrected chi connectivity index (χ2v) is 9.17. The molecule has 0 aliphatic carbocycles. The van der Waals surface area contributed by atoms with Gasteiger partial charge in [-0.3, -0.25) is 19.4 Å². The van der Waals surface area contributed by atoms with Gasteiger partial charge in [0.05, 0.1) is 11.2 Å². The Morgan fingerprint density at radius 1 is 1.18 bits per heavy atom. The van der Waals surface area contributed by atoms with Crippen LogP contribution in [0.1, 0.15) is 26.0 Å². The third kappa shape index (κ3) is 4.24. The van der Waals surface area contributed by atoms with Crippen LogP contribution in [0.15, 0.2) is 54.9 Å². The molecule has 0 fully saturated rings. The second-order valence-electron chi connectivity index (χ2n) is 9.17. The summed E-state index contributed by atoms with van der Waals surface area (Å²) in [6.07, 6.45) is 5.66. The molecule has 0 unspecified atom stereocenters. The number of carbonyl (C=O) groups is 1. The van der Waals surface area contributed by atoms with Crippen LogP contribution >= 0.6 is 0 Å². The molecule has 174 valence electrons. The number of pyridine rings is 2. The van der Waals surface area contributed by atoms with E-state index in [2.05, 4.69) is 20.0 Å². The number of nitrogens with zero attached hydrogens (tertiary/aromatic N) is 4. The number of nitrogens with one attached hydrogen (secondary N) is 1. The van der Waals surface area contributed by atoms with Crippen molar-refractivity contribution in [1.82, 2.24) is 25.1 Å². The topological polar surface area (TPSA) is 108 Å². The van der Waals surface area contributed by atoms with E-state index in [0.717, 1.165) is 52.8 Å². The van der Waals surface area contributed by atoms with Crippen molar-refractivity contribution >= 4 is 16.8 Å². The predicted octanol–water partition coefficient (Wildman–Crippen LogP) is 3.34. The second kappa shape index (κ2) is 8.87. The molecule has 0 saturated heterocycles. The molecule has 5 rings (SSSR count). The predicted molar refractivity (Wildman–Crippen MR) is 131 cm³/mol. The zero-order chi connectivity index (χ0) is 23.7. The number of benzene rings is 1. The molecular formula is C26H28N6O2. The van der Waals surface area contributed by atoms with E-state index in [-0.39, 0.29) is 12.5 Å². The summed E-state index contributed by atoms with van der Waals surface area (Å²) < 4.78 is 7.85. The van der Waals surface area contributed by atoms with Crippen molar-refractivity contribution in [3.05, 3.63) is 60.6 Å². The molecule has 1 amide bonds. The van der Waals surface area contributed by atoms with Crippen LogP contribution in [0.3, 0.4) is 0 Å². The van der Waals surface area contributed by atoms with E-state index in [9.17, 15) is 4.79 Å². The zero-order valence-electron chi connectivity index (χ0n) is 19.4. The number of rotatable bonds is 7.